The van der Waals surface area contributed by atoms with Crippen molar-refractivity contribution in [3.63, 3.8) is 0 Å². The molecule has 82 valence electrons. The second kappa shape index (κ2) is 3.80. The van der Waals surface area contributed by atoms with E-state index >= 15 is 0 Å². The van der Waals surface area contributed by atoms with E-state index in [1.54, 1.807) is 0 Å². The number of nitrogens with zero attached hydrogens (tertiary/aromatic N) is 1. The first kappa shape index (κ1) is 9.67. The maximum atomic E-state index is 5.91. The van der Waals surface area contributed by atoms with Crippen molar-refractivity contribution >= 4 is 0 Å². The molecule has 0 radical (unpaired) electrons. The monoisotopic (exact) mass is 213 g/mol. The van der Waals surface area contributed by atoms with Crippen LogP contribution in [0.5, 0.6) is 0 Å². The van der Waals surface area contributed by atoms with Gasteiger partial charge in [-0.3, -0.25) is 0 Å². The van der Waals surface area contributed by atoms with Crippen LogP contribution >= 0.6 is 0 Å². The number of benzene rings is 1. The number of hydrogen-bond donors (Lipinski definition) is 0. The number of aryl methyl sites for hydroxylation is 1. The molecule has 0 aliphatic carbocycles. The number of ether oxygens (including phenoxy) is 1. The smallest absolute Gasteiger partial charge is 0.123 e. The van der Waals surface area contributed by atoms with Crippen LogP contribution in [0, 0.1) is 0 Å². The Morgan fingerprint density at radius 2 is 2.06 bits per heavy atom. The summed E-state index contributed by atoms with van der Waals surface area (Å²) < 4.78 is 8.04. The third-order valence-electron chi connectivity index (χ3n) is 3.25. The second-order valence-corrected chi connectivity index (χ2v) is 4.24. The molecule has 0 bridgehead atoms. The minimum Gasteiger partial charge on any atom is -0.367 e. The first-order valence-corrected chi connectivity index (χ1v) is 5.67. The van der Waals surface area contributed by atoms with E-state index in [-0.39, 0.29) is 6.10 Å². The van der Waals surface area contributed by atoms with Gasteiger partial charge in [-0.15, -0.1) is 0 Å². The lowest BCUT2D eigenvalue weighted by molar-refractivity contribution is 0.0653. The molecule has 2 nitrogen and oxygen atoms in total. The lowest BCUT2D eigenvalue weighted by atomic mass is 9.96. The minimum atomic E-state index is 0.102. The van der Waals surface area contributed by atoms with E-state index in [2.05, 4.69) is 54.2 Å². The van der Waals surface area contributed by atoms with Crippen LogP contribution in [0.2, 0.25) is 0 Å². The zero-order valence-electron chi connectivity index (χ0n) is 9.39. The largest absolute Gasteiger partial charge is 0.367 e. The van der Waals surface area contributed by atoms with Gasteiger partial charge in [-0.05, 0) is 29.7 Å². The van der Waals surface area contributed by atoms with Crippen molar-refractivity contribution in [3.8, 4) is 0 Å². The van der Waals surface area contributed by atoms with E-state index in [9.17, 15) is 0 Å². The topological polar surface area (TPSA) is 14.2 Å². The van der Waals surface area contributed by atoms with Gasteiger partial charge in [0.15, 0.2) is 0 Å². The first-order valence-electron chi connectivity index (χ1n) is 5.67. The van der Waals surface area contributed by atoms with Gasteiger partial charge in [-0.25, -0.2) is 0 Å². The van der Waals surface area contributed by atoms with Crippen molar-refractivity contribution in [3.05, 3.63) is 59.4 Å². The summed E-state index contributed by atoms with van der Waals surface area (Å²) in [4.78, 5) is 0. The Morgan fingerprint density at radius 3 is 2.88 bits per heavy atom. The van der Waals surface area contributed by atoms with Gasteiger partial charge in [0.05, 0.1) is 12.3 Å². The Balaban J connectivity index is 2.08. The number of aromatic nitrogens is 1. The fourth-order valence-electron chi connectivity index (χ4n) is 2.39. The first-order chi connectivity index (χ1) is 7.86. The summed E-state index contributed by atoms with van der Waals surface area (Å²) in [5, 5.41) is 0. The van der Waals surface area contributed by atoms with Crippen LogP contribution in [0.15, 0.2) is 42.6 Å². The van der Waals surface area contributed by atoms with Gasteiger partial charge in [-0.1, -0.05) is 24.3 Å². The fraction of sp³-hybridized carbons (Fsp3) is 0.286. The molecule has 0 saturated carbocycles. The molecule has 2 heterocycles. The third-order valence-corrected chi connectivity index (χ3v) is 3.25. The Kier molecular flexibility index (Phi) is 2.29. The molecule has 1 aliphatic heterocycles. The average molecular weight is 213 g/mol. The van der Waals surface area contributed by atoms with Gasteiger partial charge in [-0.2, -0.15) is 0 Å². The maximum Gasteiger partial charge on any atom is 0.123 e. The zero-order chi connectivity index (χ0) is 11.0. The summed E-state index contributed by atoms with van der Waals surface area (Å²) in [7, 11) is 2.07. The summed E-state index contributed by atoms with van der Waals surface area (Å²) >= 11 is 0. The van der Waals surface area contributed by atoms with Crippen molar-refractivity contribution < 1.29 is 4.74 Å². The second-order valence-electron chi connectivity index (χ2n) is 4.24. The number of fused-ring (bicyclic) bond motifs is 1. The molecule has 1 aromatic heterocycles. The van der Waals surface area contributed by atoms with Crippen LogP contribution in [0.1, 0.15) is 22.9 Å². The molecule has 0 saturated heterocycles. The van der Waals surface area contributed by atoms with Crippen molar-refractivity contribution in [2.75, 3.05) is 6.61 Å². The lowest BCUT2D eigenvalue weighted by Crippen LogP contribution is -2.18. The summed E-state index contributed by atoms with van der Waals surface area (Å²) in [5.41, 5.74) is 3.96. The molecular formula is C14H15NO. The van der Waals surface area contributed by atoms with Gasteiger partial charge in [0.2, 0.25) is 0 Å². The van der Waals surface area contributed by atoms with Gasteiger partial charge in [0.1, 0.15) is 6.10 Å². The van der Waals surface area contributed by atoms with E-state index in [1.807, 2.05) is 0 Å². The average Bonchev–Trinajstić information content (AvgIpc) is 2.75. The van der Waals surface area contributed by atoms with Gasteiger partial charge in [0, 0.05) is 13.2 Å². The van der Waals surface area contributed by atoms with Crippen LogP contribution in [0.4, 0.5) is 0 Å². The molecule has 0 spiro atoms. The Hall–Kier alpha value is -1.54. The highest BCUT2D eigenvalue weighted by molar-refractivity contribution is 5.36. The van der Waals surface area contributed by atoms with Crippen molar-refractivity contribution in [2.24, 2.45) is 7.05 Å². The predicted octanol–water partition coefficient (Wildman–Crippen LogP) is 2.69. The molecule has 0 N–H and O–H groups in total. The minimum absolute atomic E-state index is 0.102. The Bertz CT molecular complexity index is 501. The molecule has 2 heteroatoms. The zero-order valence-corrected chi connectivity index (χ0v) is 9.39. The molecule has 0 fully saturated rings. The third kappa shape index (κ3) is 1.46. The van der Waals surface area contributed by atoms with Gasteiger partial charge >= 0.3 is 0 Å². The normalized spacial score (nSPS) is 19.4. The van der Waals surface area contributed by atoms with Gasteiger partial charge < -0.3 is 9.30 Å². The van der Waals surface area contributed by atoms with Crippen LogP contribution < -0.4 is 0 Å². The summed E-state index contributed by atoms with van der Waals surface area (Å²) in [6, 6.07) is 12.8. The summed E-state index contributed by atoms with van der Waals surface area (Å²) in [6.45, 7) is 0.812. The molecular weight excluding hydrogens is 198 g/mol. The van der Waals surface area contributed by atoms with Crippen LogP contribution in [0.25, 0.3) is 0 Å². The SMILES string of the molecule is Cn1cccc1C1OCCc2ccccc21. The van der Waals surface area contributed by atoms with E-state index < -0.39 is 0 Å². The van der Waals surface area contributed by atoms with Crippen molar-refractivity contribution in [1.29, 1.82) is 0 Å². The van der Waals surface area contributed by atoms with E-state index in [4.69, 9.17) is 4.74 Å². The van der Waals surface area contributed by atoms with Crippen molar-refractivity contribution in [1.82, 2.24) is 4.57 Å². The molecule has 1 aliphatic rings. The van der Waals surface area contributed by atoms with Crippen LogP contribution in [-0.4, -0.2) is 11.2 Å². The Morgan fingerprint density at radius 1 is 1.19 bits per heavy atom. The summed E-state index contributed by atoms with van der Waals surface area (Å²) in [5.74, 6) is 0. The number of rotatable bonds is 1. The predicted molar refractivity (Wildman–Crippen MR) is 63.4 cm³/mol. The van der Waals surface area contributed by atoms with Crippen LogP contribution in [0.3, 0.4) is 0 Å². The van der Waals surface area contributed by atoms with Crippen LogP contribution in [-0.2, 0) is 18.2 Å². The lowest BCUT2D eigenvalue weighted by Gasteiger charge is -2.26. The highest BCUT2D eigenvalue weighted by Crippen LogP contribution is 2.32. The fourth-order valence-corrected chi connectivity index (χ4v) is 2.39. The molecule has 1 aromatic carbocycles. The summed E-state index contributed by atoms with van der Waals surface area (Å²) in [6.07, 6.45) is 3.19. The van der Waals surface area contributed by atoms with E-state index in [0.717, 1.165) is 13.0 Å². The Labute approximate surface area is 95.5 Å². The number of hydrogen-bond acceptors (Lipinski definition) is 1. The molecule has 2 aromatic rings. The van der Waals surface area contributed by atoms with Crippen molar-refractivity contribution in [2.45, 2.75) is 12.5 Å². The quantitative estimate of drug-likeness (QED) is 0.710. The molecule has 3 rings (SSSR count). The standard InChI is InChI=1S/C14H15NO/c1-15-9-4-7-13(15)14-12-6-3-2-5-11(12)8-10-16-14/h2-7,9,14H,8,10H2,1H3. The van der Waals surface area contributed by atoms with E-state index in [0.29, 0.717) is 0 Å². The molecule has 1 atom stereocenters. The maximum absolute atomic E-state index is 5.91. The molecule has 0 amide bonds. The highest BCUT2D eigenvalue weighted by Gasteiger charge is 2.23. The highest BCUT2D eigenvalue weighted by atomic mass is 16.5. The van der Waals surface area contributed by atoms with E-state index in [1.165, 1.54) is 16.8 Å². The van der Waals surface area contributed by atoms with Gasteiger partial charge in [0.25, 0.3) is 0 Å². The molecule has 1 unspecified atom stereocenters. The molecule has 16 heavy (non-hydrogen) atoms.